The summed E-state index contributed by atoms with van der Waals surface area (Å²) in [6, 6.07) is 3.37. The Morgan fingerprint density at radius 1 is 1.41 bits per heavy atom. The number of alkyl halides is 3. The average Bonchev–Trinajstić information content (AvgIpc) is 2.40. The van der Waals surface area contributed by atoms with Crippen molar-refractivity contribution in [2.24, 2.45) is 5.41 Å². The molecule has 3 nitrogen and oxygen atoms in total. The van der Waals surface area contributed by atoms with Gasteiger partial charge in [-0.15, -0.1) is 12.4 Å². The van der Waals surface area contributed by atoms with E-state index in [9.17, 15) is 18.0 Å². The molecule has 1 aromatic rings. The van der Waals surface area contributed by atoms with Crippen molar-refractivity contribution >= 4 is 35.6 Å². The second-order valence-electron chi connectivity index (χ2n) is 5.49. The summed E-state index contributed by atoms with van der Waals surface area (Å²) in [5, 5.41) is 5.30. The van der Waals surface area contributed by atoms with Gasteiger partial charge < -0.3 is 10.6 Å². The van der Waals surface area contributed by atoms with Gasteiger partial charge in [-0.25, -0.2) is 0 Å². The number of rotatable bonds is 2. The standard InChI is InChI=1S/C14H16ClF3N2O.ClH/c1-13(5-2-6-19-8-13)12(21)20-9-3-4-11(15)10(7-9)14(16,17)18;/h3-4,7,19H,2,5-6,8H2,1H3,(H,20,21);1H. The molecule has 2 N–H and O–H groups in total. The van der Waals surface area contributed by atoms with E-state index in [0.29, 0.717) is 13.0 Å². The van der Waals surface area contributed by atoms with E-state index < -0.39 is 17.2 Å². The maximum Gasteiger partial charge on any atom is 0.417 e. The molecule has 8 heteroatoms. The molecule has 1 atom stereocenters. The summed E-state index contributed by atoms with van der Waals surface area (Å²) >= 11 is 5.55. The van der Waals surface area contributed by atoms with Crippen LogP contribution in [0.3, 0.4) is 0 Å². The Balaban J connectivity index is 0.00000242. The molecule has 1 heterocycles. The van der Waals surface area contributed by atoms with Crippen LogP contribution in [0.1, 0.15) is 25.3 Å². The average molecular weight is 357 g/mol. The van der Waals surface area contributed by atoms with Crippen molar-refractivity contribution in [3.05, 3.63) is 28.8 Å². The van der Waals surface area contributed by atoms with Gasteiger partial charge >= 0.3 is 6.18 Å². The van der Waals surface area contributed by atoms with Crippen molar-refractivity contribution in [1.82, 2.24) is 5.32 Å². The summed E-state index contributed by atoms with van der Waals surface area (Å²) in [5.74, 6) is -0.287. The van der Waals surface area contributed by atoms with Crippen molar-refractivity contribution in [2.75, 3.05) is 18.4 Å². The summed E-state index contributed by atoms with van der Waals surface area (Å²) < 4.78 is 38.4. The van der Waals surface area contributed by atoms with Gasteiger partial charge in [0.2, 0.25) is 5.91 Å². The predicted molar refractivity (Wildman–Crippen MR) is 82.5 cm³/mol. The van der Waals surface area contributed by atoms with Crippen LogP contribution in [-0.2, 0) is 11.0 Å². The molecule has 0 spiro atoms. The van der Waals surface area contributed by atoms with Crippen LogP contribution in [0.5, 0.6) is 0 Å². The molecule has 0 aromatic heterocycles. The Hall–Kier alpha value is -0.980. The SMILES string of the molecule is CC1(C(=O)Nc2ccc(Cl)c(C(F)(F)F)c2)CCCNC1.Cl. The van der Waals surface area contributed by atoms with Gasteiger partial charge in [0, 0.05) is 12.2 Å². The molecular formula is C14H17Cl2F3N2O. The minimum atomic E-state index is -4.55. The van der Waals surface area contributed by atoms with Gasteiger partial charge in [-0.05, 0) is 44.5 Å². The molecule has 1 fully saturated rings. The Morgan fingerprint density at radius 2 is 2.09 bits per heavy atom. The molecule has 1 amide bonds. The molecule has 124 valence electrons. The number of carbonyl (C=O) groups excluding carboxylic acids is 1. The number of hydrogen-bond donors (Lipinski definition) is 2. The van der Waals surface area contributed by atoms with E-state index in [2.05, 4.69) is 10.6 Å². The number of halogens is 5. The molecule has 0 bridgehead atoms. The third-order valence-electron chi connectivity index (χ3n) is 3.68. The van der Waals surface area contributed by atoms with Crippen LogP contribution in [0.25, 0.3) is 0 Å². The predicted octanol–water partition coefficient (Wildman–Crippen LogP) is 4.11. The van der Waals surface area contributed by atoms with Crippen LogP contribution in [0.2, 0.25) is 5.02 Å². The Labute approximate surface area is 138 Å². The molecule has 1 unspecified atom stereocenters. The zero-order chi connectivity index (χ0) is 15.7. The van der Waals surface area contributed by atoms with Crippen molar-refractivity contribution in [1.29, 1.82) is 0 Å². The number of nitrogens with one attached hydrogen (secondary N) is 2. The van der Waals surface area contributed by atoms with E-state index in [-0.39, 0.29) is 29.0 Å². The molecule has 0 radical (unpaired) electrons. The topological polar surface area (TPSA) is 41.1 Å². The Bertz CT molecular complexity index is 543. The molecule has 1 aliphatic heterocycles. The highest BCUT2D eigenvalue weighted by molar-refractivity contribution is 6.31. The van der Waals surface area contributed by atoms with E-state index in [0.717, 1.165) is 25.1 Å². The lowest BCUT2D eigenvalue weighted by Gasteiger charge is -2.32. The van der Waals surface area contributed by atoms with Crippen molar-refractivity contribution in [2.45, 2.75) is 25.9 Å². The third kappa shape index (κ3) is 4.27. The molecule has 0 saturated carbocycles. The van der Waals surface area contributed by atoms with Gasteiger partial charge in [0.1, 0.15) is 0 Å². The summed E-state index contributed by atoms with van der Waals surface area (Å²) in [6.45, 7) is 3.16. The molecule has 1 saturated heterocycles. The summed E-state index contributed by atoms with van der Waals surface area (Å²) in [6.07, 6.45) is -2.99. The van der Waals surface area contributed by atoms with Crippen molar-refractivity contribution < 1.29 is 18.0 Å². The van der Waals surface area contributed by atoms with Crippen molar-refractivity contribution in [3.8, 4) is 0 Å². The van der Waals surface area contributed by atoms with Crippen LogP contribution >= 0.6 is 24.0 Å². The van der Waals surface area contributed by atoms with Crippen LogP contribution in [-0.4, -0.2) is 19.0 Å². The fourth-order valence-corrected chi connectivity index (χ4v) is 2.58. The highest BCUT2D eigenvalue weighted by Crippen LogP contribution is 2.36. The number of benzene rings is 1. The molecular weight excluding hydrogens is 340 g/mol. The first-order valence-electron chi connectivity index (χ1n) is 6.61. The molecule has 2 rings (SSSR count). The van der Waals surface area contributed by atoms with E-state index in [1.165, 1.54) is 6.07 Å². The quantitative estimate of drug-likeness (QED) is 0.837. The zero-order valence-electron chi connectivity index (χ0n) is 11.9. The number of hydrogen-bond acceptors (Lipinski definition) is 2. The normalized spacial score (nSPS) is 21.9. The first-order chi connectivity index (χ1) is 9.72. The molecule has 1 aromatic carbocycles. The minimum Gasteiger partial charge on any atom is -0.326 e. The lowest BCUT2D eigenvalue weighted by atomic mass is 9.82. The van der Waals surface area contributed by atoms with Gasteiger partial charge in [0.15, 0.2) is 0 Å². The number of piperidine rings is 1. The second kappa shape index (κ2) is 7.06. The van der Waals surface area contributed by atoms with Gasteiger partial charge in [0.25, 0.3) is 0 Å². The third-order valence-corrected chi connectivity index (χ3v) is 4.00. The molecule has 1 aliphatic rings. The van der Waals surface area contributed by atoms with Crippen LogP contribution in [0.4, 0.5) is 18.9 Å². The fourth-order valence-electron chi connectivity index (χ4n) is 2.35. The molecule has 0 aliphatic carbocycles. The highest BCUT2D eigenvalue weighted by Gasteiger charge is 2.36. The Morgan fingerprint density at radius 3 is 2.64 bits per heavy atom. The maximum atomic E-state index is 12.8. The summed E-state index contributed by atoms with van der Waals surface area (Å²) in [5.41, 5.74) is -1.46. The fraction of sp³-hybridized carbons (Fsp3) is 0.500. The highest BCUT2D eigenvalue weighted by atomic mass is 35.5. The lowest BCUT2D eigenvalue weighted by Crippen LogP contribution is -2.46. The van der Waals surface area contributed by atoms with Crippen molar-refractivity contribution in [3.63, 3.8) is 0 Å². The van der Waals surface area contributed by atoms with Gasteiger partial charge in [-0.1, -0.05) is 11.6 Å². The zero-order valence-corrected chi connectivity index (χ0v) is 13.5. The van der Waals surface area contributed by atoms with Crippen LogP contribution in [0, 0.1) is 5.41 Å². The molecule has 22 heavy (non-hydrogen) atoms. The summed E-state index contributed by atoms with van der Waals surface area (Å²) in [7, 11) is 0. The number of carbonyl (C=O) groups is 1. The van der Waals surface area contributed by atoms with E-state index >= 15 is 0 Å². The van der Waals surface area contributed by atoms with Gasteiger partial charge in [-0.3, -0.25) is 4.79 Å². The lowest BCUT2D eigenvalue weighted by molar-refractivity contribution is -0.137. The Kier molecular flexibility index (Phi) is 6.12. The van der Waals surface area contributed by atoms with E-state index in [4.69, 9.17) is 11.6 Å². The van der Waals surface area contributed by atoms with Crippen LogP contribution < -0.4 is 10.6 Å². The van der Waals surface area contributed by atoms with E-state index in [1.807, 2.05) is 0 Å². The summed E-state index contributed by atoms with van der Waals surface area (Å²) in [4.78, 5) is 12.3. The van der Waals surface area contributed by atoms with E-state index in [1.54, 1.807) is 6.92 Å². The largest absolute Gasteiger partial charge is 0.417 e. The maximum absolute atomic E-state index is 12.8. The first-order valence-corrected chi connectivity index (χ1v) is 6.99. The van der Waals surface area contributed by atoms with Crippen LogP contribution in [0.15, 0.2) is 18.2 Å². The number of amides is 1. The number of anilines is 1. The van der Waals surface area contributed by atoms with Gasteiger partial charge in [-0.2, -0.15) is 13.2 Å². The van der Waals surface area contributed by atoms with Gasteiger partial charge in [0.05, 0.1) is 16.0 Å². The first kappa shape index (κ1) is 19.1. The monoisotopic (exact) mass is 356 g/mol. The second-order valence-corrected chi connectivity index (χ2v) is 5.89. The minimum absolute atomic E-state index is 0. The smallest absolute Gasteiger partial charge is 0.326 e.